The minimum absolute atomic E-state index is 0.0689. The van der Waals surface area contributed by atoms with Crippen molar-refractivity contribution >= 4 is 33.5 Å². The molecule has 0 radical (unpaired) electrons. The van der Waals surface area contributed by atoms with Crippen LogP contribution in [0.2, 0.25) is 0 Å². The molecule has 0 unspecified atom stereocenters. The minimum atomic E-state index is -0.901. The quantitative estimate of drug-likeness (QED) is 0.869. The fourth-order valence-corrected chi connectivity index (χ4v) is 2.52. The summed E-state index contributed by atoms with van der Waals surface area (Å²) in [6.07, 6.45) is 1.77. The zero-order valence-corrected chi connectivity index (χ0v) is 13.1. The molecule has 21 heavy (non-hydrogen) atoms. The van der Waals surface area contributed by atoms with E-state index in [1.54, 1.807) is 30.3 Å². The van der Waals surface area contributed by atoms with Gasteiger partial charge in [0.05, 0.1) is 6.42 Å². The van der Waals surface area contributed by atoms with Gasteiger partial charge in [-0.15, -0.1) is 0 Å². The van der Waals surface area contributed by atoms with Gasteiger partial charge in [0.1, 0.15) is 5.69 Å². The number of rotatable bonds is 5. The molecule has 0 fully saturated rings. The van der Waals surface area contributed by atoms with Crippen molar-refractivity contribution in [3.63, 3.8) is 0 Å². The molecular formula is C15H15BrN2O3. The average molecular weight is 351 g/mol. The predicted octanol–water partition coefficient (Wildman–Crippen LogP) is 3.15. The second kappa shape index (κ2) is 6.58. The van der Waals surface area contributed by atoms with Gasteiger partial charge in [-0.1, -0.05) is 12.1 Å². The van der Waals surface area contributed by atoms with E-state index in [9.17, 15) is 9.59 Å². The molecule has 0 atom stereocenters. The Kier molecular flexibility index (Phi) is 4.80. The molecule has 0 bridgehead atoms. The van der Waals surface area contributed by atoms with E-state index in [4.69, 9.17) is 5.11 Å². The smallest absolute Gasteiger partial charge is 0.307 e. The third-order valence-corrected chi connectivity index (χ3v) is 3.41. The van der Waals surface area contributed by atoms with Crippen LogP contribution >= 0.6 is 15.9 Å². The zero-order valence-electron chi connectivity index (χ0n) is 11.5. The highest BCUT2D eigenvalue weighted by molar-refractivity contribution is 9.10. The molecule has 1 aromatic heterocycles. The number of halogens is 1. The molecule has 0 saturated heterocycles. The number of aryl methyl sites for hydroxylation is 1. The Morgan fingerprint density at radius 2 is 2.10 bits per heavy atom. The predicted molar refractivity (Wildman–Crippen MR) is 83.5 cm³/mol. The highest BCUT2D eigenvalue weighted by Gasteiger charge is 2.12. The molecule has 1 amide bonds. The van der Waals surface area contributed by atoms with Crippen LogP contribution < -0.4 is 5.32 Å². The lowest BCUT2D eigenvalue weighted by Crippen LogP contribution is -2.16. The van der Waals surface area contributed by atoms with Gasteiger partial charge in [-0.2, -0.15) is 0 Å². The number of nitrogens with one attached hydrogen (secondary N) is 1. The number of carboxylic acids is 1. The van der Waals surface area contributed by atoms with Crippen LogP contribution in [0, 0.1) is 0 Å². The molecule has 0 aliphatic carbocycles. The molecule has 2 aromatic rings. The first-order valence-corrected chi connectivity index (χ1v) is 7.26. The van der Waals surface area contributed by atoms with Gasteiger partial charge < -0.3 is 15.0 Å². The molecule has 0 spiro atoms. The number of benzene rings is 1. The van der Waals surface area contributed by atoms with Crippen molar-refractivity contribution in [2.45, 2.75) is 19.9 Å². The second-order valence-corrected chi connectivity index (χ2v) is 5.47. The summed E-state index contributed by atoms with van der Waals surface area (Å²) in [7, 11) is 0. The van der Waals surface area contributed by atoms with E-state index < -0.39 is 5.97 Å². The number of carbonyl (C=O) groups is 2. The molecule has 1 aromatic carbocycles. The van der Waals surface area contributed by atoms with Gasteiger partial charge >= 0.3 is 5.97 Å². The summed E-state index contributed by atoms with van der Waals surface area (Å²) in [4.78, 5) is 23.0. The summed E-state index contributed by atoms with van der Waals surface area (Å²) in [5, 5.41) is 11.6. The van der Waals surface area contributed by atoms with Gasteiger partial charge in [-0.05, 0) is 46.6 Å². The molecule has 0 aliphatic heterocycles. The van der Waals surface area contributed by atoms with Crippen LogP contribution in [0.5, 0.6) is 0 Å². The number of aromatic nitrogens is 1. The maximum Gasteiger partial charge on any atom is 0.307 e. The molecule has 2 N–H and O–H groups in total. The molecule has 0 saturated carbocycles. The third kappa shape index (κ3) is 3.95. The monoisotopic (exact) mass is 350 g/mol. The van der Waals surface area contributed by atoms with E-state index in [-0.39, 0.29) is 12.3 Å². The third-order valence-electron chi connectivity index (χ3n) is 2.98. The highest BCUT2D eigenvalue weighted by Crippen LogP contribution is 2.17. The fraction of sp³-hybridized carbons (Fsp3) is 0.200. The first-order chi connectivity index (χ1) is 9.99. The second-order valence-electron chi connectivity index (χ2n) is 4.55. The van der Waals surface area contributed by atoms with Crippen LogP contribution in [-0.2, 0) is 17.8 Å². The van der Waals surface area contributed by atoms with E-state index in [1.165, 1.54) is 0 Å². The van der Waals surface area contributed by atoms with Crippen LogP contribution in [0.3, 0.4) is 0 Å². The van der Waals surface area contributed by atoms with Crippen molar-refractivity contribution in [3.8, 4) is 0 Å². The molecule has 0 aliphatic rings. The summed E-state index contributed by atoms with van der Waals surface area (Å²) in [6.45, 7) is 2.64. The van der Waals surface area contributed by atoms with Crippen molar-refractivity contribution in [1.82, 2.24) is 4.57 Å². The van der Waals surface area contributed by atoms with Gasteiger partial charge in [0.25, 0.3) is 5.91 Å². The standard InChI is InChI=1S/C15H15BrN2O3/c1-2-18-9-11(16)8-13(18)15(21)17-12-5-3-4-10(6-12)7-14(19)20/h3-6,8-9H,2,7H2,1H3,(H,17,21)(H,19,20). The van der Waals surface area contributed by atoms with Crippen molar-refractivity contribution in [2.75, 3.05) is 5.32 Å². The van der Waals surface area contributed by atoms with E-state index >= 15 is 0 Å². The first-order valence-electron chi connectivity index (χ1n) is 6.47. The molecule has 110 valence electrons. The van der Waals surface area contributed by atoms with Crippen molar-refractivity contribution in [3.05, 3.63) is 52.3 Å². The Labute approximate surface area is 130 Å². The Hall–Kier alpha value is -2.08. The van der Waals surface area contributed by atoms with Crippen LogP contribution in [0.25, 0.3) is 0 Å². The van der Waals surface area contributed by atoms with E-state index in [2.05, 4.69) is 21.2 Å². The number of carboxylic acid groups (broad SMARTS) is 1. The Morgan fingerprint density at radius 1 is 1.33 bits per heavy atom. The van der Waals surface area contributed by atoms with Gasteiger partial charge in [-0.3, -0.25) is 9.59 Å². The zero-order chi connectivity index (χ0) is 15.4. The topological polar surface area (TPSA) is 71.3 Å². The molecular weight excluding hydrogens is 336 g/mol. The Bertz CT molecular complexity index is 679. The number of carbonyl (C=O) groups excluding carboxylic acids is 1. The lowest BCUT2D eigenvalue weighted by Gasteiger charge is -2.08. The summed E-state index contributed by atoms with van der Waals surface area (Å²) < 4.78 is 2.68. The maximum absolute atomic E-state index is 12.3. The number of aliphatic carboxylic acids is 1. The number of anilines is 1. The van der Waals surface area contributed by atoms with Gasteiger partial charge in [0.15, 0.2) is 0 Å². The lowest BCUT2D eigenvalue weighted by molar-refractivity contribution is -0.136. The SMILES string of the molecule is CCn1cc(Br)cc1C(=O)Nc1cccc(CC(=O)O)c1. The number of hydrogen-bond acceptors (Lipinski definition) is 2. The van der Waals surface area contributed by atoms with E-state index in [0.717, 1.165) is 4.47 Å². The van der Waals surface area contributed by atoms with Gasteiger partial charge in [0.2, 0.25) is 0 Å². The lowest BCUT2D eigenvalue weighted by atomic mass is 10.1. The van der Waals surface area contributed by atoms with Crippen LogP contribution in [0.4, 0.5) is 5.69 Å². The number of nitrogens with zero attached hydrogens (tertiary/aromatic N) is 1. The summed E-state index contributed by atoms with van der Waals surface area (Å²) in [5.41, 5.74) is 1.78. The van der Waals surface area contributed by atoms with E-state index in [0.29, 0.717) is 23.5 Å². The average Bonchev–Trinajstić information content (AvgIpc) is 2.79. The minimum Gasteiger partial charge on any atom is -0.481 e. The van der Waals surface area contributed by atoms with Gasteiger partial charge in [0, 0.05) is 22.9 Å². The van der Waals surface area contributed by atoms with Crippen molar-refractivity contribution in [2.24, 2.45) is 0 Å². The maximum atomic E-state index is 12.3. The summed E-state index contributed by atoms with van der Waals surface area (Å²) in [6, 6.07) is 8.59. The summed E-state index contributed by atoms with van der Waals surface area (Å²) in [5.74, 6) is -1.13. The van der Waals surface area contributed by atoms with Crippen LogP contribution in [0.1, 0.15) is 23.0 Å². The van der Waals surface area contributed by atoms with Crippen molar-refractivity contribution in [1.29, 1.82) is 0 Å². The van der Waals surface area contributed by atoms with Crippen molar-refractivity contribution < 1.29 is 14.7 Å². The Morgan fingerprint density at radius 3 is 2.76 bits per heavy atom. The first kappa shape index (κ1) is 15.3. The van der Waals surface area contributed by atoms with E-state index in [1.807, 2.05) is 17.7 Å². The van der Waals surface area contributed by atoms with Gasteiger partial charge in [-0.25, -0.2) is 0 Å². The molecule has 2 rings (SSSR count). The molecule has 1 heterocycles. The number of hydrogen-bond donors (Lipinski definition) is 2. The highest BCUT2D eigenvalue weighted by atomic mass is 79.9. The van der Waals surface area contributed by atoms with Crippen LogP contribution in [-0.4, -0.2) is 21.6 Å². The fourth-order valence-electron chi connectivity index (χ4n) is 2.06. The normalized spacial score (nSPS) is 10.4. The number of amides is 1. The van der Waals surface area contributed by atoms with Crippen LogP contribution in [0.15, 0.2) is 41.0 Å². The summed E-state index contributed by atoms with van der Waals surface area (Å²) >= 11 is 3.35. The molecule has 5 nitrogen and oxygen atoms in total. The largest absolute Gasteiger partial charge is 0.481 e. The Balaban J connectivity index is 2.17. The molecule has 6 heteroatoms.